The molecule has 0 spiro atoms. The van der Waals surface area contributed by atoms with Crippen LogP contribution < -0.4 is 4.74 Å². The van der Waals surface area contributed by atoms with Crippen LogP contribution >= 0.6 is 0 Å². The number of aromatic amines is 1. The van der Waals surface area contributed by atoms with Crippen LogP contribution in [0.3, 0.4) is 0 Å². The van der Waals surface area contributed by atoms with Crippen molar-refractivity contribution in [3.8, 4) is 5.75 Å². The van der Waals surface area contributed by atoms with E-state index in [4.69, 9.17) is 9.47 Å². The van der Waals surface area contributed by atoms with Crippen molar-refractivity contribution in [1.29, 1.82) is 0 Å². The second-order valence-electron chi connectivity index (χ2n) is 6.69. The number of hydrogen-bond donors (Lipinski definition) is 2. The van der Waals surface area contributed by atoms with Crippen molar-refractivity contribution in [2.75, 3.05) is 7.11 Å². The van der Waals surface area contributed by atoms with Gasteiger partial charge in [0.05, 0.1) is 23.8 Å². The molecule has 6 nitrogen and oxygen atoms in total. The predicted octanol–water partition coefficient (Wildman–Crippen LogP) is 4.45. The molecule has 2 aromatic carbocycles. The second-order valence-corrected chi connectivity index (χ2v) is 6.69. The van der Waals surface area contributed by atoms with Gasteiger partial charge in [0, 0.05) is 23.4 Å². The minimum Gasteiger partial charge on any atom is -0.488 e. The van der Waals surface area contributed by atoms with Gasteiger partial charge in [0.15, 0.2) is 5.69 Å². The van der Waals surface area contributed by atoms with Gasteiger partial charge in [-0.15, -0.1) is 0 Å². The number of carbonyl (C=O) groups is 1. The van der Waals surface area contributed by atoms with Gasteiger partial charge in [-0.25, -0.2) is 9.78 Å². The zero-order valence-electron chi connectivity index (χ0n) is 15.7. The Morgan fingerprint density at radius 3 is 2.68 bits per heavy atom. The number of carboxylic acids is 1. The molecule has 0 unspecified atom stereocenters. The van der Waals surface area contributed by atoms with Gasteiger partial charge in [0.2, 0.25) is 0 Å². The van der Waals surface area contributed by atoms with Crippen LogP contribution in [0.25, 0.3) is 21.8 Å². The zero-order chi connectivity index (χ0) is 19.7. The number of nitrogens with one attached hydrogen (secondary N) is 1. The van der Waals surface area contributed by atoms with Crippen LogP contribution in [0.5, 0.6) is 5.75 Å². The number of pyridine rings is 1. The molecular formula is C22H20N2O4. The van der Waals surface area contributed by atoms with Crippen LogP contribution in [0, 0.1) is 6.92 Å². The summed E-state index contributed by atoms with van der Waals surface area (Å²) in [6.45, 7) is 2.61. The summed E-state index contributed by atoms with van der Waals surface area (Å²) in [7, 11) is 1.54. The number of methoxy groups -OCH3 is 1. The summed E-state index contributed by atoms with van der Waals surface area (Å²) in [5, 5.41) is 11.2. The van der Waals surface area contributed by atoms with E-state index in [9.17, 15) is 9.90 Å². The van der Waals surface area contributed by atoms with E-state index < -0.39 is 5.97 Å². The Hall–Kier alpha value is -3.38. The molecule has 0 radical (unpaired) electrons. The number of aromatic nitrogens is 2. The molecule has 0 saturated heterocycles. The average molecular weight is 376 g/mol. The van der Waals surface area contributed by atoms with Crippen LogP contribution in [-0.2, 0) is 18.0 Å². The number of carboxylic acid groups (broad SMARTS) is 1. The number of aryl methyl sites for hydroxylation is 1. The first-order valence-electron chi connectivity index (χ1n) is 8.91. The summed E-state index contributed by atoms with van der Waals surface area (Å²) < 4.78 is 11.4. The Bertz CT molecular complexity index is 1180. The second kappa shape index (κ2) is 7.32. The number of rotatable bonds is 6. The highest BCUT2D eigenvalue weighted by Gasteiger charge is 2.20. The van der Waals surface area contributed by atoms with Gasteiger partial charge < -0.3 is 19.6 Å². The monoisotopic (exact) mass is 376 g/mol. The molecule has 2 N–H and O–H groups in total. The normalized spacial score (nSPS) is 11.2. The van der Waals surface area contributed by atoms with E-state index in [1.165, 1.54) is 12.7 Å². The van der Waals surface area contributed by atoms with Gasteiger partial charge in [-0.05, 0) is 24.6 Å². The van der Waals surface area contributed by atoms with Crippen LogP contribution in [-0.4, -0.2) is 28.2 Å². The van der Waals surface area contributed by atoms with Crippen molar-refractivity contribution in [2.45, 2.75) is 20.1 Å². The quantitative estimate of drug-likeness (QED) is 0.519. The lowest BCUT2D eigenvalue weighted by molar-refractivity contribution is 0.0685. The van der Waals surface area contributed by atoms with Crippen LogP contribution in [0.1, 0.15) is 27.2 Å². The molecule has 2 heterocycles. The number of nitrogens with zero attached hydrogens (tertiary/aromatic N) is 1. The smallest absolute Gasteiger partial charge is 0.354 e. The first-order valence-corrected chi connectivity index (χ1v) is 8.91. The molecule has 28 heavy (non-hydrogen) atoms. The highest BCUT2D eigenvalue weighted by Crippen LogP contribution is 2.36. The highest BCUT2D eigenvalue weighted by molar-refractivity contribution is 6.13. The van der Waals surface area contributed by atoms with Crippen molar-refractivity contribution in [3.05, 3.63) is 71.0 Å². The molecule has 0 aliphatic rings. The van der Waals surface area contributed by atoms with Crippen molar-refractivity contribution in [1.82, 2.24) is 9.97 Å². The first-order chi connectivity index (χ1) is 13.6. The number of ether oxygens (including phenoxy) is 2. The zero-order valence-corrected chi connectivity index (χ0v) is 15.7. The average Bonchev–Trinajstić information content (AvgIpc) is 3.06. The van der Waals surface area contributed by atoms with Gasteiger partial charge in [-0.1, -0.05) is 35.9 Å². The number of fused-ring (bicyclic) bond motifs is 3. The summed E-state index contributed by atoms with van der Waals surface area (Å²) in [6, 6.07) is 13.9. The number of benzene rings is 2. The van der Waals surface area contributed by atoms with E-state index in [1.807, 2.05) is 43.3 Å². The fraction of sp³-hybridized carbons (Fsp3) is 0.182. The van der Waals surface area contributed by atoms with Crippen molar-refractivity contribution >= 4 is 27.8 Å². The lowest BCUT2D eigenvalue weighted by Crippen LogP contribution is -2.07. The standard InChI is InChI=1S/C22H20N2O4/c1-13-5-3-6-14(9-13)11-28-18-8-4-7-16-20(18)19-15(12-27-2)21(22(25)26)23-10-17(19)24-16/h3-10,24H,11-12H2,1-2H3,(H,25,26). The third-order valence-electron chi connectivity index (χ3n) is 4.69. The van der Waals surface area contributed by atoms with Gasteiger partial charge in [-0.2, -0.15) is 0 Å². The molecular weight excluding hydrogens is 356 g/mol. The van der Waals surface area contributed by atoms with E-state index >= 15 is 0 Å². The molecule has 0 fully saturated rings. The maximum Gasteiger partial charge on any atom is 0.354 e. The van der Waals surface area contributed by atoms with Gasteiger partial charge in [0.1, 0.15) is 12.4 Å². The molecule has 0 aliphatic carbocycles. The van der Waals surface area contributed by atoms with E-state index in [2.05, 4.69) is 16.0 Å². The van der Waals surface area contributed by atoms with Crippen molar-refractivity contribution < 1.29 is 19.4 Å². The Balaban J connectivity index is 1.87. The lowest BCUT2D eigenvalue weighted by atomic mass is 10.1. The van der Waals surface area contributed by atoms with E-state index in [1.54, 1.807) is 6.20 Å². The Morgan fingerprint density at radius 2 is 1.93 bits per heavy atom. The predicted molar refractivity (Wildman–Crippen MR) is 107 cm³/mol. The Labute approximate surface area is 161 Å². The molecule has 6 heteroatoms. The summed E-state index contributed by atoms with van der Waals surface area (Å²) in [4.78, 5) is 19.1. The minimum atomic E-state index is -1.08. The summed E-state index contributed by atoms with van der Waals surface area (Å²) in [5.41, 5.74) is 4.37. The van der Waals surface area contributed by atoms with Crippen molar-refractivity contribution in [2.24, 2.45) is 0 Å². The van der Waals surface area contributed by atoms with Gasteiger partial charge in [-0.3, -0.25) is 0 Å². The molecule has 0 saturated carbocycles. The molecule has 0 aliphatic heterocycles. The molecule has 2 aromatic heterocycles. The summed E-state index contributed by atoms with van der Waals surface area (Å²) in [5.74, 6) is -0.397. The van der Waals surface area contributed by atoms with Crippen LogP contribution in [0.15, 0.2) is 48.7 Å². The molecule has 0 atom stereocenters. The molecule has 142 valence electrons. The van der Waals surface area contributed by atoms with Crippen LogP contribution in [0.2, 0.25) is 0 Å². The van der Waals surface area contributed by atoms with E-state index in [0.717, 1.165) is 27.4 Å². The highest BCUT2D eigenvalue weighted by atomic mass is 16.5. The summed E-state index contributed by atoms with van der Waals surface area (Å²) in [6.07, 6.45) is 1.54. The summed E-state index contributed by atoms with van der Waals surface area (Å²) >= 11 is 0. The number of H-pyrrole nitrogens is 1. The maximum absolute atomic E-state index is 11.7. The largest absolute Gasteiger partial charge is 0.488 e. The molecule has 4 aromatic rings. The van der Waals surface area contributed by atoms with E-state index in [-0.39, 0.29) is 12.3 Å². The van der Waals surface area contributed by atoms with Gasteiger partial charge in [0.25, 0.3) is 0 Å². The topological polar surface area (TPSA) is 84.4 Å². The lowest BCUT2D eigenvalue weighted by Gasteiger charge is -2.11. The third kappa shape index (κ3) is 3.18. The fourth-order valence-electron chi connectivity index (χ4n) is 3.52. The Morgan fingerprint density at radius 1 is 1.11 bits per heavy atom. The maximum atomic E-state index is 11.7. The molecule has 4 rings (SSSR count). The SMILES string of the molecule is COCc1c(C(=O)O)ncc2[nH]c3cccc(OCc4cccc(C)c4)c3c12. The van der Waals surface area contributed by atoms with E-state index in [0.29, 0.717) is 17.9 Å². The van der Waals surface area contributed by atoms with Gasteiger partial charge >= 0.3 is 5.97 Å². The third-order valence-corrected chi connectivity index (χ3v) is 4.69. The Kier molecular flexibility index (Phi) is 4.71. The fourth-order valence-corrected chi connectivity index (χ4v) is 3.52. The number of hydrogen-bond acceptors (Lipinski definition) is 4. The molecule has 0 amide bonds. The minimum absolute atomic E-state index is 0.0104. The van der Waals surface area contributed by atoms with Crippen molar-refractivity contribution in [3.63, 3.8) is 0 Å². The number of aromatic carboxylic acids is 1. The van der Waals surface area contributed by atoms with Crippen LogP contribution in [0.4, 0.5) is 0 Å². The molecule has 0 bridgehead atoms. The first kappa shape index (κ1) is 18.0.